The highest BCUT2D eigenvalue weighted by molar-refractivity contribution is 7.18. The molecule has 0 spiro atoms. The summed E-state index contributed by atoms with van der Waals surface area (Å²) < 4.78 is 1.21. The molecule has 1 saturated heterocycles. The van der Waals surface area contributed by atoms with Gasteiger partial charge in [-0.3, -0.25) is 9.69 Å². The molecule has 1 fully saturated rings. The first-order chi connectivity index (χ1) is 13.2. The van der Waals surface area contributed by atoms with Crippen LogP contribution in [0.2, 0.25) is 5.02 Å². The fourth-order valence-electron chi connectivity index (χ4n) is 3.57. The van der Waals surface area contributed by atoms with Crippen LogP contribution < -0.4 is 5.32 Å². The molecule has 140 valence electrons. The highest BCUT2D eigenvalue weighted by Crippen LogP contribution is 2.35. The standard InChI is InChI=1S/C21H22ClN3OS/c22-16-8-2-1-7-15(16)13-23-20(26)14-25-12-6-5-10-18(25)21-24-17-9-3-4-11-19(17)27-21/h1-4,7-9,11,18H,5-6,10,12-14H2,(H,23,26)/t18-/m0/s1. The third-order valence-electron chi connectivity index (χ3n) is 4.99. The van der Waals surface area contributed by atoms with Gasteiger partial charge in [0.2, 0.25) is 5.91 Å². The van der Waals surface area contributed by atoms with Crippen LogP contribution in [0.5, 0.6) is 0 Å². The summed E-state index contributed by atoms with van der Waals surface area (Å²) in [6.45, 7) is 1.78. The maximum atomic E-state index is 12.5. The van der Waals surface area contributed by atoms with Crippen molar-refractivity contribution >= 4 is 39.1 Å². The topological polar surface area (TPSA) is 45.2 Å². The summed E-state index contributed by atoms with van der Waals surface area (Å²) in [5.74, 6) is 0.0305. The number of nitrogens with one attached hydrogen (secondary N) is 1. The molecule has 1 atom stereocenters. The van der Waals surface area contributed by atoms with Gasteiger partial charge in [0.1, 0.15) is 5.01 Å². The normalized spacial score (nSPS) is 17.9. The Morgan fingerprint density at radius 1 is 1.19 bits per heavy atom. The molecule has 27 heavy (non-hydrogen) atoms. The Labute approximate surface area is 168 Å². The van der Waals surface area contributed by atoms with Crippen molar-refractivity contribution in [2.24, 2.45) is 0 Å². The summed E-state index contributed by atoms with van der Waals surface area (Å²) in [6, 6.07) is 16.1. The van der Waals surface area contributed by atoms with Crippen molar-refractivity contribution in [3.8, 4) is 0 Å². The van der Waals surface area contributed by atoms with E-state index in [-0.39, 0.29) is 11.9 Å². The van der Waals surface area contributed by atoms with Gasteiger partial charge < -0.3 is 5.32 Å². The number of halogens is 1. The number of fused-ring (bicyclic) bond motifs is 1. The second-order valence-corrected chi connectivity index (χ2v) is 8.34. The van der Waals surface area contributed by atoms with Crippen molar-refractivity contribution in [1.82, 2.24) is 15.2 Å². The van der Waals surface area contributed by atoms with E-state index in [0.717, 1.165) is 35.5 Å². The fourth-order valence-corrected chi connectivity index (χ4v) is 4.91. The number of likely N-dealkylation sites (tertiary alicyclic amines) is 1. The number of hydrogen-bond acceptors (Lipinski definition) is 4. The highest BCUT2D eigenvalue weighted by atomic mass is 35.5. The Balaban J connectivity index is 1.43. The predicted molar refractivity (Wildman–Crippen MR) is 111 cm³/mol. The summed E-state index contributed by atoms with van der Waals surface area (Å²) in [6.07, 6.45) is 3.36. The molecule has 4 nitrogen and oxygen atoms in total. The van der Waals surface area contributed by atoms with E-state index in [2.05, 4.69) is 22.3 Å². The minimum Gasteiger partial charge on any atom is -0.351 e. The van der Waals surface area contributed by atoms with E-state index in [1.807, 2.05) is 36.4 Å². The highest BCUT2D eigenvalue weighted by Gasteiger charge is 2.28. The second kappa shape index (κ2) is 8.38. The van der Waals surface area contributed by atoms with Gasteiger partial charge in [-0.15, -0.1) is 11.3 Å². The van der Waals surface area contributed by atoms with Gasteiger partial charge in [-0.2, -0.15) is 0 Å². The molecule has 0 unspecified atom stereocenters. The van der Waals surface area contributed by atoms with Crippen molar-refractivity contribution in [3.05, 3.63) is 64.1 Å². The van der Waals surface area contributed by atoms with E-state index in [1.165, 1.54) is 11.1 Å². The van der Waals surface area contributed by atoms with Crippen LogP contribution >= 0.6 is 22.9 Å². The molecule has 0 bridgehead atoms. The van der Waals surface area contributed by atoms with Crippen LogP contribution in [0.3, 0.4) is 0 Å². The molecular weight excluding hydrogens is 378 g/mol. The SMILES string of the molecule is O=C(CN1CCCC[C@H]1c1nc2ccccc2s1)NCc1ccccc1Cl. The molecule has 1 amide bonds. The van der Waals surface area contributed by atoms with Gasteiger partial charge in [0, 0.05) is 11.6 Å². The average molecular weight is 400 g/mol. The maximum absolute atomic E-state index is 12.5. The van der Waals surface area contributed by atoms with Gasteiger partial charge in [-0.05, 0) is 43.1 Å². The van der Waals surface area contributed by atoms with Crippen molar-refractivity contribution in [2.45, 2.75) is 31.8 Å². The van der Waals surface area contributed by atoms with Crippen LogP contribution in [0.1, 0.15) is 35.9 Å². The smallest absolute Gasteiger partial charge is 0.234 e. The molecule has 6 heteroatoms. The first-order valence-electron chi connectivity index (χ1n) is 9.30. The lowest BCUT2D eigenvalue weighted by Crippen LogP contribution is -2.41. The zero-order valence-electron chi connectivity index (χ0n) is 15.0. The number of amides is 1. The van der Waals surface area contributed by atoms with Crippen molar-refractivity contribution in [1.29, 1.82) is 0 Å². The zero-order chi connectivity index (χ0) is 18.6. The van der Waals surface area contributed by atoms with E-state index in [9.17, 15) is 4.79 Å². The first-order valence-corrected chi connectivity index (χ1v) is 10.5. The van der Waals surface area contributed by atoms with Crippen LogP contribution in [-0.4, -0.2) is 28.9 Å². The summed E-state index contributed by atoms with van der Waals surface area (Å²) in [4.78, 5) is 19.6. The number of thiazole rings is 1. The van der Waals surface area contributed by atoms with Gasteiger partial charge >= 0.3 is 0 Å². The third kappa shape index (κ3) is 4.32. The van der Waals surface area contributed by atoms with Crippen LogP contribution in [0.25, 0.3) is 10.2 Å². The Bertz CT molecular complexity index is 909. The third-order valence-corrected chi connectivity index (χ3v) is 6.50. The molecule has 3 aromatic rings. The molecule has 1 N–H and O–H groups in total. The number of hydrogen-bond donors (Lipinski definition) is 1. The van der Waals surface area contributed by atoms with E-state index in [4.69, 9.17) is 16.6 Å². The molecule has 0 radical (unpaired) electrons. The molecule has 2 heterocycles. The average Bonchev–Trinajstić information content (AvgIpc) is 3.12. The molecule has 0 saturated carbocycles. The number of benzene rings is 2. The van der Waals surface area contributed by atoms with Gasteiger partial charge in [0.05, 0.1) is 22.8 Å². The van der Waals surface area contributed by atoms with Crippen LogP contribution in [0, 0.1) is 0 Å². The summed E-state index contributed by atoms with van der Waals surface area (Å²) in [5, 5.41) is 4.81. The Kier molecular flexibility index (Phi) is 5.72. The lowest BCUT2D eigenvalue weighted by Gasteiger charge is -2.33. The summed E-state index contributed by atoms with van der Waals surface area (Å²) >= 11 is 7.92. The second-order valence-electron chi connectivity index (χ2n) is 6.87. The monoisotopic (exact) mass is 399 g/mol. The predicted octanol–water partition coefficient (Wildman–Crippen LogP) is 4.79. The lowest BCUT2D eigenvalue weighted by molar-refractivity contribution is -0.123. The summed E-state index contributed by atoms with van der Waals surface area (Å²) in [7, 11) is 0. The molecule has 1 aliphatic heterocycles. The Morgan fingerprint density at radius 3 is 2.85 bits per heavy atom. The molecule has 4 rings (SSSR count). The quantitative estimate of drug-likeness (QED) is 0.670. The Hall–Kier alpha value is -1.95. The zero-order valence-corrected chi connectivity index (χ0v) is 16.6. The maximum Gasteiger partial charge on any atom is 0.234 e. The first kappa shape index (κ1) is 18.4. The largest absolute Gasteiger partial charge is 0.351 e. The number of para-hydroxylation sites is 1. The molecule has 1 aliphatic rings. The Morgan fingerprint density at radius 2 is 2.00 bits per heavy atom. The molecule has 2 aromatic carbocycles. The number of carbonyl (C=O) groups excluding carboxylic acids is 1. The number of aromatic nitrogens is 1. The van der Waals surface area contributed by atoms with E-state index >= 15 is 0 Å². The number of rotatable bonds is 5. The van der Waals surface area contributed by atoms with Gasteiger partial charge in [-0.25, -0.2) is 4.98 Å². The van der Waals surface area contributed by atoms with Gasteiger partial charge in [0.25, 0.3) is 0 Å². The van der Waals surface area contributed by atoms with Crippen molar-refractivity contribution in [2.75, 3.05) is 13.1 Å². The van der Waals surface area contributed by atoms with E-state index in [0.29, 0.717) is 18.1 Å². The van der Waals surface area contributed by atoms with Crippen LogP contribution in [-0.2, 0) is 11.3 Å². The van der Waals surface area contributed by atoms with Crippen molar-refractivity contribution < 1.29 is 4.79 Å². The fraction of sp³-hybridized carbons (Fsp3) is 0.333. The molecule has 1 aromatic heterocycles. The van der Waals surface area contributed by atoms with E-state index < -0.39 is 0 Å². The number of carbonyl (C=O) groups is 1. The molecule has 0 aliphatic carbocycles. The van der Waals surface area contributed by atoms with Gasteiger partial charge in [0.15, 0.2) is 0 Å². The summed E-state index contributed by atoms with van der Waals surface area (Å²) in [5.41, 5.74) is 1.99. The number of piperidine rings is 1. The lowest BCUT2D eigenvalue weighted by atomic mass is 10.0. The van der Waals surface area contributed by atoms with Gasteiger partial charge in [-0.1, -0.05) is 48.4 Å². The molecular formula is C21H22ClN3OS. The van der Waals surface area contributed by atoms with E-state index in [1.54, 1.807) is 11.3 Å². The minimum atomic E-state index is 0.0305. The van der Waals surface area contributed by atoms with Crippen LogP contribution in [0.4, 0.5) is 0 Å². The number of nitrogens with zero attached hydrogens (tertiary/aromatic N) is 2. The van der Waals surface area contributed by atoms with Crippen LogP contribution in [0.15, 0.2) is 48.5 Å². The minimum absolute atomic E-state index is 0.0305. The van der Waals surface area contributed by atoms with Crippen molar-refractivity contribution in [3.63, 3.8) is 0 Å².